The molecule has 0 fully saturated rings. The second-order valence-corrected chi connectivity index (χ2v) is 9.15. The third-order valence-corrected chi connectivity index (χ3v) is 6.91. The third kappa shape index (κ3) is 3.09. The van der Waals surface area contributed by atoms with Crippen LogP contribution in [0.1, 0.15) is 5.82 Å². The van der Waals surface area contributed by atoms with E-state index in [0.29, 0.717) is 20.9 Å². The number of benzene rings is 2. The van der Waals surface area contributed by atoms with Gasteiger partial charge >= 0.3 is 0 Å². The zero-order valence-corrected chi connectivity index (χ0v) is 17.7. The molecular weight excluding hydrogens is 424 g/mol. The molecule has 0 aliphatic heterocycles. The van der Waals surface area contributed by atoms with Crippen LogP contribution in [0.4, 0.5) is 0 Å². The van der Waals surface area contributed by atoms with E-state index < -0.39 is 0 Å². The second-order valence-electron chi connectivity index (χ2n) is 6.30. The normalized spacial score (nSPS) is 11.5. The summed E-state index contributed by atoms with van der Waals surface area (Å²) >= 11 is 8.49. The maximum atomic E-state index is 12.6. The number of thioether (sulfide) groups is 1. The van der Waals surface area contributed by atoms with Crippen LogP contribution in [0.2, 0.25) is 0 Å². The quantitative estimate of drug-likeness (QED) is 0.314. The topological polar surface area (TPSA) is 70.0 Å². The lowest BCUT2D eigenvalue weighted by Crippen LogP contribution is -2.20. The van der Waals surface area contributed by atoms with Crippen LogP contribution in [-0.4, -0.2) is 28.9 Å². The first-order chi connectivity index (χ1) is 14.1. The van der Waals surface area contributed by atoms with Gasteiger partial charge in [0.1, 0.15) is 5.82 Å². The molecule has 0 amide bonds. The number of fused-ring (bicyclic) bond motifs is 3. The predicted molar refractivity (Wildman–Crippen MR) is 118 cm³/mol. The number of para-hydroxylation sites is 2. The van der Waals surface area contributed by atoms with Crippen LogP contribution in [0.15, 0.2) is 63.7 Å². The minimum atomic E-state index is -0.0840. The average Bonchev–Trinajstić information content (AvgIpc) is 3.34. The predicted octanol–water partition coefficient (Wildman–Crippen LogP) is 3.85. The molecule has 0 saturated heterocycles. The number of hydrogen-bond acceptors (Lipinski definition) is 7. The molecule has 0 atom stereocenters. The first-order valence-electron chi connectivity index (χ1n) is 8.73. The van der Waals surface area contributed by atoms with Crippen molar-refractivity contribution in [3.05, 3.63) is 74.7 Å². The van der Waals surface area contributed by atoms with E-state index in [-0.39, 0.29) is 5.56 Å². The van der Waals surface area contributed by atoms with Crippen LogP contribution < -0.4 is 5.56 Å². The Morgan fingerprint density at radius 1 is 1.07 bits per heavy atom. The lowest BCUT2D eigenvalue weighted by Gasteiger charge is -2.07. The molecule has 3 aromatic heterocycles. The summed E-state index contributed by atoms with van der Waals surface area (Å²) in [5.41, 5.74) is 1.66. The largest absolute Gasteiger partial charge is 0.279 e. The molecule has 0 aliphatic rings. The minimum absolute atomic E-state index is 0.0840. The molecule has 0 aliphatic carbocycles. The summed E-state index contributed by atoms with van der Waals surface area (Å²) in [6.45, 7) is 0. The Kier molecular flexibility index (Phi) is 4.53. The van der Waals surface area contributed by atoms with Gasteiger partial charge in [-0.1, -0.05) is 53.4 Å². The number of aryl methyl sites for hydroxylation is 1. The minimum Gasteiger partial charge on any atom is -0.279 e. The van der Waals surface area contributed by atoms with Crippen LogP contribution in [0.25, 0.3) is 22.4 Å². The van der Waals surface area contributed by atoms with Crippen molar-refractivity contribution in [2.24, 2.45) is 7.05 Å². The molecule has 2 aromatic carbocycles. The van der Waals surface area contributed by atoms with Crippen molar-refractivity contribution in [2.75, 3.05) is 0 Å². The van der Waals surface area contributed by atoms with E-state index in [0.717, 1.165) is 21.4 Å². The van der Waals surface area contributed by atoms with Gasteiger partial charge in [0.2, 0.25) is 5.78 Å². The molecule has 0 unspecified atom stereocenters. The van der Waals surface area contributed by atoms with Gasteiger partial charge < -0.3 is 0 Å². The van der Waals surface area contributed by atoms with Gasteiger partial charge in [0.05, 0.1) is 22.3 Å². The van der Waals surface area contributed by atoms with Gasteiger partial charge in [-0.3, -0.25) is 13.8 Å². The monoisotopic (exact) mass is 438 g/mol. The summed E-state index contributed by atoms with van der Waals surface area (Å²) < 4.78 is 6.76. The fraction of sp³-hybridized carbons (Fsp3) is 0.105. The molecule has 0 spiro atoms. The highest BCUT2D eigenvalue weighted by Gasteiger charge is 2.15. The Hall–Kier alpha value is -2.82. The lowest BCUT2D eigenvalue weighted by atomic mass is 10.2. The number of rotatable bonds is 4. The van der Waals surface area contributed by atoms with Crippen LogP contribution in [-0.2, 0) is 12.8 Å². The van der Waals surface area contributed by atoms with E-state index in [1.807, 2.05) is 59.0 Å². The van der Waals surface area contributed by atoms with Gasteiger partial charge in [-0.05, 0) is 36.5 Å². The van der Waals surface area contributed by atoms with Crippen molar-refractivity contribution >= 4 is 52.0 Å². The van der Waals surface area contributed by atoms with Crippen molar-refractivity contribution < 1.29 is 0 Å². The van der Waals surface area contributed by atoms with Crippen molar-refractivity contribution in [3.8, 4) is 5.69 Å². The molecule has 0 N–H and O–H groups in total. The third-order valence-electron chi connectivity index (χ3n) is 4.55. The van der Waals surface area contributed by atoms with E-state index in [4.69, 9.17) is 12.2 Å². The first kappa shape index (κ1) is 18.2. The van der Waals surface area contributed by atoms with E-state index >= 15 is 0 Å². The van der Waals surface area contributed by atoms with Gasteiger partial charge in [-0.25, -0.2) is 4.68 Å². The highest BCUT2D eigenvalue weighted by atomic mass is 32.2. The van der Waals surface area contributed by atoms with E-state index in [1.165, 1.54) is 15.9 Å². The van der Waals surface area contributed by atoms with Gasteiger partial charge in [-0.2, -0.15) is 0 Å². The summed E-state index contributed by atoms with van der Waals surface area (Å²) in [7, 11) is 1.71. The summed E-state index contributed by atoms with van der Waals surface area (Å²) in [6.07, 6.45) is 0. The fourth-order valence-electron chi connectivity index (χ4n) is 3.16. The Balaban J connectivity index is 1.53. The molecule has 144 valence electrons. The Labute approximate surface area is 178 Å². The number of hydrogen-bond donors (Lipinski definition) is 0. The smallest absolute Gasteiger partial charge is 0.262 e. The molecule has 29 heavy (non-hydrogen) atoms. The van der Waals surface area contributed by atoms with E-state index in [9.17, 15) is 4.79 Å². The van der Waals surface area contributed by atoms with Crippen LogP contribution in [0.3, 0.4) is 0 Å². The van der Waals surface area contributed by atoms with Crippen LogP contribution in [0.5, 0.6) is 0 Å². The van der Waals surface area contributed by atoms with Crippen molar-refractivity contribution in [3.63, 3.8) is 0 Å². The number of nitrogens with zero attached hydrogens (tertiary/aromatic N) is 6. The van der Waals surface area contributed by atoms with Crippen LogP contribution >= 0.6 is 35.3 Å². The van der Waals surface area contributed by atoms with Crippen molar-refractivity contribution in [2.45, 2.75) is 10.1 Å². The molecule has 0 saturated carbocycles. The zero-order chi connectivity index (χ0) is 20.0. The van der Waals surface area contributed by atoms with Gasteiger partial charge in [-0.15, -0.1) is 15.3 Å². The highest BCUT2D eigenvalue weighted by Crippen LogP contribution is 2.27. The lowest BCUT2D eigenvalue weighted by molar-refractivity contribution is 0.828. The number of aromatic nitrogens is 6. The molecule has 0 radical (unpaired) electrons. The van der Waals surface area contributed by atoms with E-state index in [2.05, 4.69) is 15.3 Å². The first-order valence-corrected chi connectivity index (χ1v) is 10.9. The Morgan fingerprint density at radius 2 is 1.83 bits per heavy atom. The molecular formula is C19H14N6OS3. The Morgan fingerprint density at radius 3 is 2.66 bits per heavy atom. The van der Waals surface area contributed by atoms with Crippen LogP contribution in [0, 0.1) is 3.95 Å². The summed E-state index contributed by atoms with van der Waals surface area (Å²) in [5, 5.41) is 13.8. The average molecular weight is 439 g/mol. The molecule has 10 heteroatoms. The molecule has 5 rings (SSSR count). The van der Waals surface area contributed by atoms with Gasteiger partial charge in [0, 0.05) is 7.05 Å². The SMILES string of the molecule is Cn1c(=O)c2ccccc2n2c(CSc3nn(-c4ccccc4)c(=S)s3)nnc12. The second kappa shape index (κ2) is 7.21. The van der Waals surface area contributed by atoms with E-state index in [1.54, 1.807) is 23.5 Å². The fourth-order valence-corrected chi connectivity index (χ4v) is 5.44. The highest BCUT2D eigenvalue weighted by molar-refractivity contribution is 8.00. The summed E-state index contributed by atoms with van der Waals surface area (Å²) in [6, 6.07) is 17.3. The van der Waals surface area contributed by atoms with Crippen molar-refractivity contribution in [1.82, 2.24) is 28.9 Å². The molecule has 7 nitrogen and oxygen atoms in total. The maximum absolute atomic E-state index is 12.6. The molecule has 0 bridgehead atoms. The van der Waals surface area contributed by atoms with Crippen molar-refractivity contribution in [1.29, 1.82) is 0 Å². The maximum Gasteiger partial charge on any atom is 0.262 e. The molecule has 3 heterocycles. The Bertz CT molecular complexity index is 1460. The molecule has 5 aromatic rings. The summed E-state index contributed by atoms with van der Waals surface area (Å²) in [4.78, 5) is 12.6. The summed E-state index contributed by atoms with van der Waals surface area (Å²) in [5.74, 6) is 1.83. The van der Waals surface area contributed by atoms with Gasteiger partial charge in [0.25, 0.3) is 5.56 Å². The zero-order valence-electron chi connectivity index (χ0n) is 15.2. The standard InChI is InChI=1S/C19H14N6OS3/c1-23-16(26)13-9-5-6-10-14(13)24-15(20-21-17(23)24)11-28-18-22-25(19(27)29-18)12-7-3-2-4-8-12/h2-10H,11H2,1H3. The van der Waals surface area contributed by atoms with Gasteiger partial charge in [0.15, 0.2) is 8.29 Å².